The second kappa shape index (κ2) is 6.87. The maximum atomic E-state index is 12.6. The summed E-state index contributed by atoms with van der Waals surface area (Å²) in [5.41, 5.74) is 0.749. The van der Waals surface area contributed by atoms with Gasteiger partial charge in [0.1, 0.15) is 6.54 Å². The van der Waals surface area contributed by atoms with Crippen LogP contribution in [-0.2, 0) is 4.79 Å². The fraction of sp³-hybridized carbons (Fsp3) is 0.550. The van der Waals surface area contributed by atoms with Crippen LogP contribution >= 0.6 is 0 Å². The van der Waals surface area contributed by atoms with Crippen LogP contribution in [0.2, 0.25) is 0 Å². The van der Waals surface area contributed by atoms with E-state index in [-0.39, 0.29) is 11.6 Å². The van der Waals surface area contributed by atoms with Gasteiger partial charge < -0.3 is 21.1 Å². The number of urea groups is 1. The summed E-state index contributed by atoms with van der Waals surface area (Å²) in [7, 11) is 0. The van der Waals surface area contributed by atoms with Gasteiger partial charge in [0.2, 0.25) is 0 Å². The van der Waals surface area contributed by atoms with Gasteiger partial charge in [0.05, 0.1) is 0 Å². The average molecular weight is 371 g/mol. The van der Waals surface area contributed by atoms with Crippen LogP contribution in [0.4, 0.5) is 10.5 Å². The predicted octanol–water partition coefficient (Wildman–Crippen LogP) is 2.59. The van der Waals surface area contributed by atoms with Crippen LogP contribution in [0.15, 0.2) is 24.3 Å². The van der Waals surface area contributed by atoms with Gasteiger partial charge in [-0.2, -0.15) is 0 Å². The third-order valence-corrected chi connectivity index (χ3v) is 6.20. The van der Waals surface area contributed by atoms with Crippen LogP contribution < -0.4 is 16.0 Å². The zero-order valence-electron chi connectivity index (χ0n) is 15.2. The SMILES string of the molecule is O=C(O)CNC(=O)c1cccc(NC(=O)NC23CC4CC(CC(C4)C2)C3)c1. The Balaban J connectivity index is 1.38. The first kappa shape index (κ1) is 17.8. The Morgan fingerprint density at radius 2 is 1.67 bits per heavy atom. The Morgan fingerprint density at radius 1 is 1.04 bits per heavy atom. The summed E-state index contributed by atoms with van der Waals surface area (Å²) < 4.78 is 0. The van der Waals surface area contributed by atoms with Crippen LogP contribution in [0.5, 0.6) is 0 Å². The van der Waals surface area contributed by atoms with Crippen molar-refractivity contribution in [2.24, 2.45) is 17.8 Å². The summed E-state index contributed by atoms with van der Waals surface area (Å²) in [4.78, 5) is 35.1. The number of amides is 3. The van der Waals surface area contributed by atoms with Gasteiger partial charge in [-0.05, 0) is 74.5 Å². The normalized spacial score (nSPS) is 30.6. The highest BCUT2D eigenvalue weighted by Crippen LogP contribution is 2.55. The van der Waals surface area contributed by atoms with Crippen LogP contribution in [0.1, 0.15) is 48.9 Å². The molecule has 0 aromatic heterocycles. The molecule has 27 heavy (non-hydrogen) atoms. The molecule has 0 heterocycles. The molecule has 1 aromatic rings. The fourth-order valence-electron chi connectivity index (χ4n) is 5.66. The Labute approximate surface area is 157 Å². The summed E-state index contributed by atoms with van der Waals surface area (Å²) in [5.74, 6) is 0.656. The van der Waals surface area contributed by atoms with Gasteiger partial charge in [0.25, 0.3) is 5.91 Å². The molecule has 3 amide bonds. The number of aliphatic carboxylic acids is 1. The van der Waals surface area contributed by atoms with E-state index in [1.54, 1.807) is 24.3 Å². The van der Waals surface area contributed by atoms with Crippen LogP contribution in [0.3, 0.4) is 0 Å². The lowest BCUT2D eigenvalue weighted by Gasteiger charge is -2.56. The molecule has 4 aliphatic carbocycles. The predicted molar refractivity (Wildman–Crippen MR) is 99.5 cm³/mol. The van der Waals surface area contributed by atoms with E-state index >= 15 is 0 Å². The van der Waals surface area contributed by atoms with Crippen molar-refractivity contribution in [1.29, 1.82) is 0 Å². The molecule has 7 nitrogen and oxygen atoms in total. The molecule has 0 aliphatic heterocycles. The Morgan fingerprint density at radius 3 is 2.26 bits per heavy atom. The number of carboxylic acids is 1. The van der Waals surface area contributed by atoms with Crippen molar-refractivity contribution >= 4 is 23.6 Å². The van der Waals surface area contributed by atoms with Gasteiger partial charge in [-0.3, -0.25) is 9.59 Å². The molecule has 5 rings (SSSR count). The van der Waals surface area contributed by atoms with Crippen molar-refractivity contribution < 1.29 is 19.5 Å². The largest absolute Gasteiger partial charge is 0.480 e. The number of anilines is 1. The van der Waals surface area contributed by atoms with E-state index < -0.39 is 18.4 Å². The Kier molecular flexibility index (Phi) is 4.53. The first-order valence-corrected chi connectivity index (χ1v) is 9.60. The van der Waals surface area contributed by atoms with Crippen LogP contribution in [-0.4, -0.2) is 35.1 Å². The maximum Gasteiger partial charge on any atom is 0.322 e. The average Bonchev–Trinajstić information content (AvgIpc) is 2.58. The van der Waals surface area contributed by atoms with E-state index in [1.165, 1.54) is 19.3 Å². The van der Waals surface area contributed by atoms with E-state index in [2.05, 4.69) is 16.0 Å². The Hall–Kier alpha value is -2.57. The zero-order chi connectivity index (χ0) is 19.0. The molecule has 0 unspecified atom stereocenters. The van der Waals surface area contributed by atoms with Crippen molar-refractivity contribution in [2.45, 2.75) is 44.1 Å². The molecule has 0 saturated heterocycles. The summed E-state index contributed by atoms with van der Waals surface area (Å²) in [6, 6.07) is 6.28. The number of nitrogens with one attached hydrogen (secondary N) is 3. The van der Waals surface area contributed by atoms with Gasteiger partial charge >= 0.3 is 12.0 Å². The number of hydrogen-bond donors (Lipinski definition) is 4. The lowest BCUT2D eigenvalue weighted by Crippen LogP contribution is -2.60. The maximum absolute atomic E-state index is 12.6. The molecule has 4 fully saturated rings. The molecular weight excluding hydrogens is 346 g/mol. The standard InChI is InChI=1S/C20H25N3O4/c24-17(25)11-21-18(26)15-2-1-3-16(7-15)22-19(27)23-20-8-12-4-13(9-20)6-14(5-12)10-20/h1-3,7,12-14H,4-6,8-11H2,(H,21,26)(H,24,25)(H2,22,23,27). The fourth-order valence-corrected chi connectivity index (χ4v) is 5.66. The third kappa shape index (κ3) is 3.91. The van der Waals surface area contributed by atoms with Gasteiger partial charge in [-0.1, -0.05) is 6.07 Å². The molecule has 144 valence electrons. The number of rotatable bonds is 5. The third-order valence-electron chi connectivity index (χ3n) is 6.20. The molecule has 0 radical (unpaired) electrons. The van der Waals surface area contributed by atoms with Crippen molar-refractivity contribution in [1.82, 2.24) is 10.6 Å². The minimum Gasteiger partial charge on any atom is -0.480 e. The molecule has 7 heteroatoms. The summed E-state index contributed by atoms with van der Waals surface area (Å²) >= 11 is 0. The van der Waals surface area contributed by atoms with E-state index in [0.717, 1.165) is 37.0 Å². The molecule has 4 aliphatic rings. The monoisotopic (exact) mass is 371 g/mol. The topological polar surface area (TPSA) is 108 Å². The van der Waals surface area contributed by atoms with E-state index in [9.17, 15) is 14.4 Å². The zero-order valence-corrected chi connectivity index (χ0v) is 15.2. The molecular formula is C20H25N3O4. The summed E-state index contributed by atoms with van der Waals surface area (Å²) in [6.45, 7) is -0.441. The van der Waals surface area contributed by atoms with Gasteiger partial charge in [-0.25, -0.2) is 4.79 Å². The van der Waals surface area contributed by atoms with E-state index in [0.29, 0.717) is 11.3 Å². The van der Waals surface area contributed by atoms with Crippen LogP contribution in [0, 0.1) is 17.8 Å². The van der Waals surface area contributed by atoms with Crippen molar-refractivity contribution in [3.8, 4) is 0 Å². The number of benzene rings is 1. The molecule has 0 spiro atoms. The minimum absolute atomic E-state index is 0.0741. The second-order valence-electron chi connectivity index (χ2n) is 8.43. The van der Waals surface area contributed by atoms with Gasteiger partial charge in [0, 0.05) is 16.8 Å². The number of carbonyl (C=O) groups is 3. The molecule has 4 saturated carbocycles. The smallest absolute Gasteiger partial charge is 0.322 e. The first-order valence-electron chi connectivity index (χ1n) is 9.60. The second-order valence-corrected chi connectivity index (χ2v) is 8.43. The molecule has 4 bridgehead atoms. The van der Waals surface area contributed by atoms with Gasteiger partial charge in [0.15, 0.2) is 0 Å². The van der Waals surface area contributed by atoms with Crippen molar-refractivity contribution in [3.63, 3.8) is 0 Å². The summed E-state index contributed by atoms with van der Waals surface area (Å²) in [5, 5.41) is 17.0. The number of carbonyl (C=O) groups excluding carboxylic acids is 2. The Bertz CT molecular complexity index is 741. The molecule has 4 N–H and O–H groups in total. The van der Waals surface area contributed by atoms with Crippen molar-refractivity contribution in [3.05, 3.63) is 29.8 Å². The number of carboxylic acid groups (broad SMARTS) is 1. The van der Waals surface area contributed by atoms with E-state index in [1.807, 2.05) is 0 Å². The van der Waals surface area contributed by atoms with Crippen molar-refractivity contribution in [2.75, 3.05) is 11.9 Å². The lowest BCUT2D eigenvalue weighted by atomic mass is 9.53. The highest BCUT2D eigenvalue weighted by atomic mass is 16.4. The lowest BCUT2D eigenvalue weighted by molar-refractivity contribution is -0.135. The quantitative estimate of drug-likeness (QED) is 0.638. The highest BCUT2D eigenvalue weighted by molar-refractivity contribution is 5.98. The summed E-state index contributed by atoms with van der Waals surface area (Å²) in [6.07, 6.45) is 7.17. The first-order chi connectivity index (χ1) is 12.9. The minimum atomic E-state index is -1.10. The number of hydrogen-bond acceptors (Lipinski definition) is 3. The van der Waals surface area contributed by atoms with Gasteiger partial charge in [-0.15, -0.1) is 0 Å². The van der Waals surface area contributed by atoms with E-state index in [4.69, 9.17) is 5.11 Å². The molecule has 1 aromatic carbocycles. The highest BCUT2D eigenvalue weighted by Gasteiger charge is 2.51. The van der Waals surface area contributed by atoms with Crippen LogP contribution in [0.25, 0.3) is 0 Å². The molecule has 0 atom stereocenters.